The number of carbonyl (C=O) groups is 2. The summed E-state index contributed by atoms with van der Waals surface area (Å²) in [7, 11) is 0. The highest BCUT2D eigenvalue weighted by molar-refractivity contribution is 7.17. The van der Waals surface area contributed by atoms with Crippen molar-refractivity contribution < 1.29 is 14.1 Å². The maximum atomic E-state index is 12.1. The second-order valence-corrected chi connectivity index (χ2v) is 6.53. The lowest BCUT2D eigenvalue weighted by Gasteiger charge is -2.26. The van der Waals surface area contributed by atoms with E-state index >= 15 is 0 Å². The highest BCUT2D eigenvalue weighted by Gasteiger charge is 2.28. The maximum absolute atomic E-state index is 12.1. The van der Waals surface area contributed by atoms with E-state index < -0.39 is 11.8 Å². The van der Waals surface area contributed by atoms with Crippen LogP contribution in [0, 0.1) is 0 Å². The SMILES string of the molecule is CCCN1CCc2c(sc(NC(=O)c3ccno3)c2C(N)=O)C1. The van der Waals surface area contributed by atoms with Crippen LogP contribution in [0.3, 0.4) is 0 Å². The average Bonchev–Trinajstić information content (AvgIpc) is 3.14. The Labute approximate surface area is 137 Å². The summed E-state index contributed by atoms with van der Waals surface area (Å²) in [5, 5.41) is 6.72. The Morgan fingerprint density at radius 2 is 2.35 bits per heavy atom. The molecule has 2 aromatic heterocycles. The first kappa shape index (κ1) is 15.7. The molecule has 1 aliphatic rings. The molecule has 0 saturated carbocycles. The van der Waals surface area contributed by atoms with E-state index in [9.17, 15) is 9.59 Å². The van der Waals surface area contributed by atoms with Gasteiger partial charge < -0.3 is 15.6 Å². The Hall–Kier alpha value is -2.19. The third-order valence-electron chi connectivity index (χ3n) is 3.81. The van der Waals surface area contributed by atoms with Crippen LogP contribution in [-0.2, 0) is 13.0 Å². The summed E-state index contributed by atoms with van der Waals surface area (Å²) in [6.07, 6.45) is 3.24. The van der Waals surface area contributed by atoms with Crippen LogP contribution in [0.2, 0.25) is 0 Å². The van der Waals surface area contributed by atoms with Gasteiger partial charge in [0, 0.05) is 24.0 Å². The molecule has 0 saturated heterocycles. The van der Waals surface area contributed by atoms with E-state index in [1.165, 1.54) is 23.6 Å². The Bertz CT molecular complexity index is 723. The number of nitrogens with one attached hydrogen (secondary N) is 1. The normalized spacial score (nSPS) is 14.5. The number of carbonyl (C=O) groups excluding carboxylic acids is 2. The predicted octanol–water partition coefficient (Wildman–Crippen LogP) is 1.86. The third-order valence-corrected chi connectivity index (χ3v) is 4.94. The lowest BCUT2D eigenvalue weighted by Crippen LogP contribution is -2.31. The molecule has 0 aliphatic carbocycles. The number of anilines is 1. The molecule has 2 amide bonds. The Balaban J connectivity index is 1.88. The fraction of sp³-hybridized carbons (Fsp3) is 0.400. The summed E-state index contributed by atoms with van der Waals surface area (Å²) in [5.41, 5.74) is 6.92. The third kappa shape index (κ3) is 3.13. The molecule has 0 fully saturated rings. The van der Waals surface area contributed by atoms with E-state index in [0.717, 1.165) is 42.9 Å². The predicted molar refractivity (Wildman–Crippen MR) is 86.6 cm³/mol. The van der Waals surface area contributed by atoms with E-state index in [0.29, 0.717) is 10.6 Å². The summed E-state index contributed by atoms with van der Waals surface area (Å²) < 4.78 is 4.84. The van der Waals surface area contributed by atoms with Crippen molar-refractivity contribution in [3.63, 3.8) is 0 Å². The number of aromatic nitrogens is 1. The molecule has 3 N–H and O–H groups in total. The number of amides is 2. The smallest absolute Gasteiger partial charge is 0.294 e. The molecule has 122 valence electrons. The van der Waals surface area contributed by atoms with Crippen LogP contribution >= 0.6 is 11.3 Å². The molecule has 2 aromatic rings. The van der Waals surface area contributed by atoms with Gasteiger partial charge in [-0.3, -0.25) is 14.5 Å². The van der Waals surface area contributed by atoms with Crippen LogP contribution in [0.5, 0.6) is 0 Å². The topological polar surface area (TPSA) is 101 Å². The van der Waals surface area contributed by atoms with Gasteiger partial charge in [-0.2, -0.15) is 0 Å². The molecule has 0 bridgehead atoms. The lowest BCUT2D eigenvalue weighted by molar-refractivity contribution is 0.0988. The van der Waals surface area contributed by atoms with Crippen molar-refractivity contribution in [1.29, 1.82) is 0 Å². The summed E-state index contributed by atoms with van der Waals surface area (Å²) in [6.45, 7) is 4.84. The molecule has 0 unspecified atom stereocenters. The zero-order valence-corrected chi connectivity index (χ0v) is 13.6. The van der Waals surface area contributed by atoms with Crippen LogP contribution in [-0.4, -0.2) is 35.0 Å². The average molecular weight is 334 g/mol. The van der Waals surface area contributed by atoms with Crippen LogP contribution in [0.1, 0.15) is 44.7 Å². The van der Waals surface area contributed by atoms with Crippen LogP contribution in [0.25, 0.3) is 0 Å². The first-order valence-corrected chi connectivity index (χ1v) is 8.30. The summed E-state index contributed by atoms with van der Waals surface area (Å²) in [5.74, 6) is -0.854. The van der Waals surface area contributed by atoms with Crippen molar-refractivity contribution in [3.8, 4) is 0 Å². The van der Waals surface area contributed by atoms with Gasteiger partial charge in [0.15, 0.2) is 0 Å². The minimum absolute atomic E-state index is 0.0967. The summed E-state index contributed by atoms with van der Waals surface area (Å²) in [6, 6.07) is 1.47. The molecule has 0 atom stereocenters. The molecular formula is C15H18N4O3S. The number of hydrogen-bond donors (Lipinski definition) is 2. The number of rotatable bonds is 5. The van der Waals surface area contributed by atoms with Crippen molar-refractivity contribution in [3.05, 3.63) is 34.0 Å². The molecule has 0 aromatic carbocycles. The molecule has 0 spiro atoms. The summed E-state index contributed by atoms with van der Waals surface area (Å²) >= 11 is 1.41. The van der Waals surface area contributed by atoms with Crippen LogP contribution in [0.4, 0.5) is 5.00 Å². The molecule has 3 heterocycles. The number of primary amides is 1. The lowest BCUT2D eigenvalue weighted by atomic mass is 10.0. The van der Waals surface area contributed by atoms with Crippen molar-refractivity contribution >= 4 is 28.2 Å². The molecular weight excluding hydrogens is 316 g/mol. The van der Waals surface area contributed by atoms with Gasteiger partial charge in [-0.25, -0.2) is 0 Å². The highest BCUT2D eigenvalue weighted by atomic mass is 32.1. The Morgan fingerprint density at radius 3 is 3.00 bits per heavy atom. The molecule has 0 radical (unpaired) electrons. The van der Waals surface area contributed by atoms with Crippen LogP contribution in [0.15, 0.2) is 16.8 Å². The highest BCUT2D eigenvalue weighted by Crippen LogP contribution is 2.37. The van der Waals surface area contributed by atoms with Gasteiger partial charge in [-0.15, -0.1) is 11.3 Å². The first-order valence-electron chi connectivity index (χ1n) is 7.48. The zero-order valence-electron chi connectivity index (χ0n) is 12.8. The minimum Gasteiger partial charge on any atom is -0.365 e. The number of fused-ring (bicyclic) bond motifs is 1. The van der Waals surface area contributed by atoms with Crippen molar-refractivity contribution in [2.75, 3.05) is 18.4 Å². The Kier molecular flexibility index (Phi) is 4.44. The van der Waals surface area contributed by atoms with E-state index in [2.05, 4.69) is 22.3 Å². The van der Waals surface area contributed by atoms with E-state index in [1.54, 1.807) is 0 Å². The monoisotopic (exact) mass is 334 g/mol. The second-order valence-electron chi connectivity index (χ2n) is 5.43. The van der Waals surface area contributed by atoms with Crippen molar-refractivity contribution in [2.45, 2.75) is 26.3 Å². The second kappa shape index (κ2) is 6.51. The van der Waals surface area contributed by atoms with Gasteiger partial charge in [0.2, 0.25) is 5.76 Å². The number of nitrogens with two attached hydrogens (primary N) is 1. The standard InChI is InChI=1S/C15H18N4O3S/c1-2-6-19-7-4-9-11(8-19)23-15(12(9)13(16)20)18-14(21)10-3-5-17-22-10/h3,5H,2,4,6-8H2,1H3,(H2,16,20)(H,18,21). The number of nitrogens with zero attached hydrogens (tertiary/aromatic N) is 2. The van der Waals surface area contributed by atoms with Crippen molar-refractivity contribution in [1.82, 2.24) is 10.1 Å². The number of hydrogen-bond acceptors (Lipinski definition) is 6. The Morgan fingerprint density at radius 1 is 1.52 bits per heavy atom. The van der Waals surface area contributed by atoms with Gasteiger partial charge >= 0.3 is 0 Å². The van der Waals surface area contributed by atoms with Gasteiger partial charge in [0.05, 0.1) is 11.8 Å². The molecule has 23 heavy (non-hydrogen) atoms. The maximum Gasteiger partial charge on any atom is 0.294 e. The molecule has 1 aliphatic heterocycles. The van der Waals surface area contributed by atoms with Gasteiger partial charge in [-0.05, 0) is 24.9 Å². The fourth-order valence-corrected chi connectivity index (χ4v) is 4.10. The first-order chi connectivity index (χ1) is 11.1. The van der Waals surface area contributed by atoms with E-state index in [4.69, 9.17) is 10.3 Å². The zero-order chi connectivity index (χ0) is 16.4. The number of thiophene rings is 1. The summed E-state index contributed by atoms with van der Waals surface area (Å²) in [4.78, 5) is 27.4. The van der Waals surface area contributed by atoms with Gasteiger partial charge in [0.25, 0.3) is 11.8 Å². The molecule has 8 heteroatoms. The quantitative estimate of drug-likeness (QED) is 0.869. The van der Waals surface area contributed by atoms with Crippen molar-refractivity contribution in [2.24, 2.45) is 5.73 Å². The van der Waals surface area contributed by atoms with E-state index in [1.807, 2.05) is 0 Å². The molecule has 7 nitrogen and oxygen atoms in total. The largest absolute Gasteiger partial charge is 0.365 e. The van der Waals surface area contributed by atoms with E-state index in [-0.39, 0.29) is 5.76 Å². The van der Waals surface area contributed by atoms with Crippen LogP contribution < -0.4 is 11.1 Å². The minimum atomic E-state index is -0.515. The van der Waals surface area contributed by atoms with Gasteiger partial charge in [0.1, 0.15) is 5.00 Å². The molecule has 3 rings (SSSR count). The fourth-order valence-electron chi connectivity index (χ4n) is 2.81. The van der Waals surface area contributed by atoms with Gasteiger partial charge in [-0.1, -0.05) is 12.1 Å².